The van der Waals surface area contributed by atoms with Crippen LogP contribution in [-0.4, -0.2) is 51.6 Å². The van der Waals surface area contributed by atoms with Crippen molar-refractivity contribution in [2.45, 2.75) is 44.4 Å². The van der Waals surface area contributed by atoms with Crippen LogP contribution in [0.15, 0.2) is 0 Å². The molecule has 2 aliphatic heterocycles. The summed E-state index contributed by atoms with van der Waals surface area (Å²) in [4.78, 5) is 0. The van der Waals surface area contributed by atoms with Gasteiger partial charge in [0.1, 0.15) is 0 Å². The molecule has 2 N–H and O–H groups in total. The van der Waals surface area contributed by atoms with Crippen LogP contribution in [0.1, 0.15) is 26.2 Å². The van der Waals surface area contributed by atoms with Gasteiger partial charge in [-0.15, -0.1) is 0 Å². The minimum atomic E-state index is 0.403. The summed E-state index contributed by atoms with van der Waals surface area (Å²) in [6.07, 6.45) is 4.36. The van der Waals surface area contributed by atoms with Gasteiger partial charge in [0.05, 0.1) is 12.2 Å². The number of methoxy groups -OCH3 is 1. The van der Waals surface area contributed by atoms with Gasteiger partial charge in [0.2, 0.25) is 0 Å². The molecule has 4 heteroatoms. The second-order valence-corrected chi connectivity index (χ2v) is 5.22. The van der Waals surface area contributed by atoms with Crippen molar-refractivity contribution in [3.8, 4) is 0 Å². The van der Waals surface area contributed by atoms with Gasteiger partial charge < -0.3 is 20.1 Å². The van der Waals surface area contributed by atoms with Gasteiger partial charge in [-0.05, 0) is 25.2 Å². The molecule has 0 saturated carbocycles. The first kappa shape index (κ1) is 13.3. The van der Waals surface area contributed by atoms with E-state index in [2.05, 4.69) is 17.6 Å². The lowest BCUT2D eigenvalue weighted by Gasteiger charge is -2.19. The Morgan fingerprint density at radius 1 is 1.41 bits per heavy atom. The highest BCUT2D eigenvalue weighted by molar-refractivity contribution is 4.84. The normalized spacial score (nSPS) is 37.8. The molecule has 2 heterocycles. The van der Waals surface area contributed by atoms with E-state index in [0.717, 1.165) is 39.1 Å². The van der Waals surface area contributed by atoms with E-state index in [1.807, 2.05) is 0 Å². The highest BCUT2D eigenvalue weighted by atomic mass is 16.5. The van der Waals surface area contributed by atoms with Crippen molar-refractivity contribution in [3.63, 3.8) is 0 Å². The molecule has 2 fully saturated rings. The van der Waals surface area contributed by atoms with E-state index in [1.54, 1.807) is 7.11 Å². The summed E-state index contributed by atoms with van der Waals surface area (Å²) >= 11 is 0. The van der Waals surface area contributed by atoms with Crippen molar-refractivity contribution in [1.82, 2.24) is 10.6 Å². The lowest BCUT2D eigenvalue weighted by Crippen LogP contribution is -2.37. The molecule has 0 spiro atoms. The molecule has 0 amide bonds. The zero-order valence-corrected chi connectivity index (χ0v) is 11.1. The van der Waals surface area contributed by atoms with Gasteiger partial charge >= 0.3 is 0 Å². The van der Waals surface area contributed by atoms with E-state index in [0.29, 0.717) is 24.2 Å². The van der Waals surface area contributed by atoms with Gasteiger partial charge in [-0.3, -0.25) is 0 Å². The fourth-order valence-corrected chi connectivity index (χ4v) is 2.94. The minimum absolute atomic E-state index is 0.403. The van der Waals surface area contributed by atoms with E-state index in [-0.39, 0.29) is 0 Å². The molecule has 100 valence electrons. The Balaban J connectivity index is 1.60. The van der Waals surface area contributed by atoms with Crippen LogP contribution in [-0.2, 0) is 9.47 Å². The number of hydrogen-bond donors (Lipinski definition) is 2. The molecule has 0 bridgehead atoms. The van der Waals surface area contributed by atoms with Crippen LogP contribution in [0.3, 0.4) is 0 Å². The summed E-state index contributed by atoms with van der Waals surface area (Å²) in [6, 6.07) is 0.572. The average molecular weight is 242 g/mol. The van der Waals surface area contributed by atoms with Gasteiger partial charge in [0.15, 0.2) is 0 Å². The maximum absolute atomic E-state index is 5.70. The number of hydrogen-bond acceptors (Lipinski definition) is 4. The molecule has 4 unspecified atom stereocenters. The summed E-state index contributed by atoms with van der Waals surface area (Å²) in [5.41, 5.74) is 0. The van der Waals surface area contributed by atoms with E-state index in [9.17, 15) is 0 Å². The molecule has 0 aliphatic carbocycles. The Bertz CT molecular complexity index is 225. The molecule has 2 rings (SSSR count). The summed E-state index contributed by atoms with van der Waals surface area (Å²) in [6.45, 7) is 6.29. The zero-order chi connectivity index (χ0) is 12.1. The Morgan fingerprint density at radius 3 is 3.00 bits per heavy atom. The van der Waals surface area contributed by atoms with Gasteiger partial charge in [-0.25, -0.2) is 0 Å². The summed E-state index contributed by atoms with van der Waals surface area (Å²) < 4.78 is 11.0. The van der Waals surface area contributed by atoms with Gasteiger partial charge in [-0.1, -0.05) is 6.92 Å². The third kappa shape index (κ3) is 3.65. The fraction of sp³-hybridized carbons (Fsp3) is 1.00. The lowest BCUT2D eigenvalue weighted by molar-refractivity contribution is 0.0871. The summed E-state index contributed by atoms with van der Waals surface area (Å²) in [5, 5.41) is 7.07. The van der Waals surface area contributed by atoms with Crippen molar-refractivity contribution in [2.75, 3.05) is 33.4 Å². The van der Waals surface area contributed by atoms with Gasteiger partial charge in [0.25, 0.3) is 0 Å². The number of ether oxygens (including phenoxy) is 2. The standard InChI is InChI=1S/C13H26N2O2/c1-3-13-10(4-5-17-13)7-14-8-11-6-12(16-2)9-15-11/h10-15H,3-9H2,1-2H3. The molecule has 0 aromatic carbocycles. The molecule has 2 aliphatic rings. The maximum atomic E-state index is 5.70. The Hall–Kier alpha value is -0.160. The topological polar surface area (TPSA) is 42.5 Å². The van der Waals surface area contributed by atoms with E-state index in [4.69, 9.17) is 9.47 Å². The van der Waals surface area contributed by atoms with Crippen molar-refractivity contribution in [3.05, 3.63) is 0 Å². The largest absolute Gasteiger partial charge is 0.380 e. The second kappa shape index (κ2) is 6.69. The van der Waals surface area contributed by atoms with Gasteiger partial charge in [0, 0.05) is 39.4 Å². The van der Waals surface area contributed by atoms with Crippen LogP contribution in [0.2, 0.25) is 0 Å². The van der Waals surface area contributed by atoms with Crippen LogP contribution < -0.4 is 10.6 Å². The SMILES string of the molecule is CCC1OCCC1CNCC1CC(OC)CN1. The van der Waals surface area contributed by atoms with Gasteiger partial charge in [-0.2, -0.15) is 0 Å². The monoisotopic (exact) mass is 242 g/mol. The molecule has 0 radical (unpaired) electrons. The molecular formula is C13H26N2O2. The van der Waals surface area contributed by atoms with Crippen LogP contribution in [0, 0.1) is 5.92 Å². The zero-order valence-electron chi connectivity index (χ0n) is 11.1. The highest BCUT2D eigenvalue weighted by Crippen LogP contribution is 2.22. The molecule has 17 heavy (non-hydrogen) atoms. The smallest absolute Gasteiger partial charge is 0.0711 e. The minimum Gasteiger partial charge on any atom is -0.380 e. The predicted octanol–water partition coefficient (Wildman–Crippen LogP) is 0.768. The molecular weight excluding hydrogens is 216 g/mol. The Morgan fingerprint density at radius 2 is 2.29 bits per heavy atom. The Labute approximate surface area is 104 Å². The fourth-order valence-electron chi connectivity index (χ4n) is 2.94. The predicted molar refractivity (Wildman–Crippen MR) is 68.2 cm³/mol. The summed E-state index contributed by atoms with van der Waals surface area (Å²) in [5.74, 6) is 0.708. The molecule has 0 aromatic heterocycles. The first-order valence-electron chi connectivity index (χ1n) is 6.92. The number of nitrogens with one attached hydrogen (secondary N) is 2. The first-order valence-corrected chi connectivity index (χ1v) is 6.92. The van der Waals surface area contributed by atoms with Crippen LogP contribution >= 0.6 is 0 Å². The van der Waals surface area contributed by atoms with Crippen LogP contribution in [0.4, 0.5) is 0 Å². The van der Waals surface area contributed by atoms with E-state index in [1.165, 1.54) is 6.42 Å². The lowest BCUT2D eigenvalue weighted by atomic mass is 9.99. The Kier molecular flexibility index (Phi) is 5.22. The highest BCUT2D eigenvalue weighted by Gasteiger charge is 2.27. The maximum Gasteiger partial charge on any atom is 0.0711 e. The molecule has 2 saturated heterocycles. The quantitative estimate of drug-likeness (QED) is 0.722. The van der Waals surface area contributed by atoms with Crippen LogP contribution in [0.5, 0.6) is 0 Å². The summed E-state index contributed by atoms with van der Waals surface area (Å²) in [7, 11) is 1.80. The van der Waals surface area contributed by atoms with Crippen molar-refractivity contribution in [1.29, 1.82) is 0 Å². The first-order chi connectivity index (χ1) is 8.33. The molecule has 4 nitrogen and oxygen atoms in total. The second-order valence-electron chi connectivity index (χ2n) is 5.22. The van der Waals surface area contributed by atoms with Crippen LogP contribution in [0.25, 0.3) is 0 Å². The molecule has 0 aromatic rings. The van der Waals surface area contributed by atoms with Crippen molar-refractivity contribution in [2.24, 2.45) is 5.92 Å². The van der Waals surface area contributed by atoms with E-state index < -0.39 is 0 Å². The number of rotatable bonds is 6. The third-order valence-corrected chi connectivity index (χ3v) is 4.06. The molecule has 4 atom stereocenters. The van der Waals surface area contributed by atoms with Crippen molar-refractivity contribution < 1.29 is 9.47 Å². The van der Waals surface area contributed by atoms with Crippen molar-refractivity contribution >= 4 is 0 Å². The van der Waals surface area contributed by atoms with E-state index >= 15 is 0 Å². The average Bonchev–Trinajstić information content (AvgIpc) is 2.97. The third-order valence-electron chi connectivity index (χ3n) is 4.06.